The standard InChI is InChI=1S/C13H18O2S/c1-10(2)11-6-8-12(9-7-11)16(14,15)13(3,4)5/h6-9H,1H2,2-5H3. The molecule has 0 atom stereocenters. The highest BCUT2D eigenvalue weighted by Gasteiger charge is 2.30. The predicted molar refractivity (Wildman–Crippen MR) is 68.1 cm³/mol. The Kier molecular flexibility index (Phi) is 3.29. The number of sulfone groups is 1. The largest absolute Gasteiger partial charge is 0.223 e. The molecule has 0 aromatic heterocycles. The van der Waals surface area contributed by atoms with Crippen LogP contribution >= 0.6 is 0 Å². The summed E-state index contributed by atoms with van der Waals surface area (Å²) in [7, 11) is -3.25. The lowest BCUT2D eigenvalue weighted by Gasteiger charge is -2.19. The second-order valence-corrected chi connectivity index (χ2v) is 7.62. The molecule has 0 unspecified atom stereocenters. The average Bonchev–Trinajstić information content (AvgIpc) is 2.16. The van der Waals surface area contributed by atoms with E-state index in [9.17, 15) is 8.42 Å². The van der Waals surface area contributed by atoms with E-state index in [0.29, 0.717) is 4.90 Å². The number of benzene rings is 1. The quantitative estimate of drug-likeness (QED) is 0.792. The fourth-order valence-corrected chi connectivity index (χ4v) is 2.47. The lowest BCUT2D eigenvalue weighted by molar-refractivity contribution is 0.560. The van der Waals surface area contributed by atoms with E-state index in [4.69, 9.17) is 0 Å². The molecular weight excluding hydrogens is 220 g/mol. The third-order valence-corrected chi connectivity index (χ3v) is 4.97. The molecule has 0 spiro atoms. The first-order chi connectivity index (χ1) is 7.16. The summed E-state index contributed by atoms with van der Waals surface area (Å²) < 4.78 is 23.5. The van der Waals surface area contributed by atoms with Gasteiger partial charge in [0.25, 0.3) is 0 Å². The Morgan fingerprint density at radius 2 is 1.56 bits per heavy atom. The lowest BCUT2D eigenvalue weighted by Crippen LogP contribution is -2.27. The molecule has 0 saturated heterocycles. The van der Waals surface area contributed by atoms with Gasteiger partial charge in [0.2, 0.25) is 0 Å². The minimum Gasteiger partial charge on any atom is -0.223 e. The number of hydrogen-bond donors (Lipinski definition) is 0. The fourth-order valence-electron chi connectivity index (χ4n) is 1.27. The van der Waals surface area contributed by atoms with E-state index in [-0.39, 0.29) is 0 Å². The van der Waals surface area contributed by atoms with Gasteiger partial charge in [0.15, 0.2) is 9.84 Å². The molecule has 0 fully saturated rings. The molecule has 0 heterocycles. The Morgan fingerprint density at radius 1 is 1.12 bits per heavy atom. The van der Waals surface area contributed by atoms with Crippen molar-refractivity contribution in [2.45, 2.75) is 37.3 Å². The van der Waals surface area contributed by atoms with E-state index in [1.165, 1.54) is 0 Å². The molecule has 0 saturated carbocycles. The number of allylic oxidation sites excluding steroid dienone is 1. The predicted octanol–water partition coefficient (Wildman–Crippen LogP) is 3.29. The minimum atomic E-state index is -3.25. The fraction of sp³-hybridized carbons (Fsp3) is 0.385. The summed E-state index contributed by atoms with van der Waals surface area (Å²) in [5, 5.41) is 0. The summed E-state index contributed by atoms with van der Waals surface area (Å²) in [4.78, 5) is 0.366. The molecule has 0 radical (unpaired) electrons. The smallest absolute Gasteiger partial charge is 0.183 e. The molecule has 0 aliphatic heterocycles. The van der Waals surface area contributed by atoms with Gasteiger partial charge in [0, 0.05) is 0 Å². The van der Waals surface area contributed by atoms with Crippen LogP contribution in [0.4, 0.5) is 0 Å². The molecule has 0 aliphatic carbocycles. The van der Waals surface area contributed by atoms with Crippen molar-refractivity contribution in [1.29, 1.82) is 0 Å². The Bertz CT molecular complexity index is 488. The Hall–Kier alpha value is -1.09. The average molecular weight is 238 g/mol. The number of rotatable bonds is 2. The molecule has 0 aliphatic rings. The van der Waals surface area contributed by atoms with Gasteiger partial charge < -0.3 is 0 Å². The summed E-state index contributed by atoms with van der Waals surface area (Å²) in [5.41, 5.74) is 1.90. The van der Waals surface area contributed by atoms with Crippen LogP contribution in [0.1, 0.15) is 33.3 Å². The van der Waals surface area contributed by atoms with Gasteiger partial charge in [0.05, 0.1) is 9.64 Å². The van der Waals surface area contributed by atoms with Crippen molar-refractivity contribution in [2.75, 3.05) is 0 Å². The van der Waals surface area contributed by atoms with Crippen molar-refractivity contribution >= 4 is 15.4 Å². The first-order valence-corrected chi connectivity index (χ1v) is 6.65. The van der Waals surface area contributed by atoms with Gasteiger partial charge in [-0.1, -0.05) is 24.3 Å². The summed E-state index contributed by atoms with van der Waals surface area (Å²) in [6, 6.07) is 6.87. The molecule has 0 amide bonds. The first-order valence-electron chi connectivity index (χ1n) is 5.17. The zero-order valence-corrected chi connectivity index (χ0v) is 11.1. The van der Waals surface area contributed by atoms with Gasteiger partial charge in [-0.3, -0.25) is 0 Å². The summed E-state index contributed by atoms with van der Waals surface area (Å²) >= 11 is 0. The highest BCUT2D eigenvalue weighted by atomic mass is 32.2. The SMILES string of the molecule is C=C(C)c1ccc(S(=O)(=O)C(C)(C)C)cc1. The zero-order valence-electron chi connectivity index (χ0n) is 10.2. The number of hydrogen-bond acceptors (Lipinski definition) is 2. The first kappa shape index (κ1) is 13.0. The third kappa shape index (κ3) is 2.35. The zero-order chi connectivity index (χ0) is 12.6. The highest BCUT2D eigenvalue weighted by Crippen LogP contribution is 2.25. The van der Waals surface area contributed by atoms with Crippen molar-refractivity contribution in [2.24, 2.45) is 0 Å². The molecular formula is C13H18O2S. The summed E-state index contributed by atoms with van der Waals surface area (Å²) in [6.45, 7) is 10.8. The van der Waals surface area contributed by atoms with Gasteiger partial charge in [-0.15, -0.1) is 0 Å². The molecule has 1 rings (SSSR count). The Labute approximate surface area is 97.9 Å². The molecule has 1 aromatic rings. The van der Waals surface area contributed by atoms with Crippen LogP contribution in [-0.4, -0.2) is 13.2 Å². The maximum absolute atomic E-state index is 12.1. The van der Waals surface area contributed by atoms with Crippen LogP contribution in [-0.2, 0) is 9.84 Å². The Balaban J connectivity index is 3.23. The van der Waals surface area contributed by atoms with E-state index in [1.807, 2.05) is 6.92 Å². The van der Waals surface area contributed by atoms with Crippen LogP contribution in [0.15, 0.2) is 35.7 Å². The van der Waals surface area contributed by atoms with Crippen LogP contribution in [0.2, 0.25) is 0 Å². The maximum Gasteiger partial charge on any atom is 0.183 e. The second-order valence-electron chi connectivity index (χ2n) is 4.92. The molecule has 88 valence electrons. The third-order valence-electron chi connectivity index (χ3n) is 2.46. The lowest BCUT2D eigenvalue weighted by atomic mass is 10.1. The van der Waals surface area contributed by atoms with Crippen molar-refractivity contribution in [3.8, 4) is 0 Å². The summed E-state index contributed by atoms with van der Waals surface area (Å²) in [5.74, 6) is 0. The second kappa shape index (κ2) is 4.06. The van der Waals surface area contributed by atoms with E-state index in [0.717, 1.165) is 11.1 Å². The molecule has 0 bridgehead atoms. The molecule has 2 nitrogen and oxygen atoms in total. The van der Waals surface area contributed by atoms with E-state index in [1.54, 1.807) is 45.0 Å². The monoisotopic (exact) mass is 238 g/mol. The summed E-state index contributed by atoms with van der Waals surface area (Å²) in [6.07, 6.45) is 0. The molecule has 0 N–H and O–H groups in total. The molecule has 3 heteroatoms. The van der Waals surface area contributed by atoms with E-state index < -0.39 is 14.6 Å². The molecule has 1 aromatic carbocycles. The van der Waals surface area contributed by atoms with Crippen LogP contribution in [0.3, 0.4) is 0 Å². The van der Waals surface area contributed by atoms with Crippen LogP contribution in [0, 0.1) is 0 Å². The van der Waals surface area contributed by atoms with Crippen molar-refractivity contribution in [3.05, 3.63) is 36.4 Å². The van der Waals surface area contributed by atoms with Gasteiger partial charge in [-0.05, 0) is 45.4 Å². The van der Waals surface area contributed by atoms with Crippen LogP contribution < -0.4 is 0 Å². The van der Waals surface area contributed by atoms with E-state index >= 15 is 0 Å². The van der Waals surface area contributed by atoms with Crippen LogP contribution in [0.5, 0.6) is 0 Å². The topological polar surface area (TPSA) is 34.1 Å². The van der Waals surface area contributed by atoms with Crippen molar-refractivity contribution in [1.82, 2.24) is 0 Å². The van der Waals surface area contributed by atoms with Crippen molar-refractivity contribution < 1.29 is 8.42 Å². The minimum absolute atomic E-state index is 0.366. The van der Waals surface area contributed by atoms with Gasteiger partial charge in [-0.25, -0.2) is 8.42 Å². The van der Waals surface area contributed by atoms with Gasteiger partial charge >= 0.3 is 0 Å². The van der Waals surface area contributed by atoms with Gasteiger partial charge in [0.1, 0.15) is 0 Å². The maximum atomic E-state index is 12.1. The van der Waals surface area contributed by atoms with Crippen LogP contribution in [0.25, 0.3) is 5.57 Å². The van der Waals surface area contributed by atoms with E-state index in [2.05, 4.69) is 6.58 Å². The van der Waals surface area contributed by atoms with Crippen molar-refractivity contribution in [3.63, 3.8) is 0 Å². The van der Waals surface area contributed by atoms with Gasteiger partial charge in [-0.2, -0.15) is 0 Å². The Morgan fingerprint density at radius 3 is 1.88 bits per heavy atom. The highest BCUT2D eigenvalue weighted by molar-refractivity contribution is 7.92. The normalized spacial score (nSPS) is 12.5. The molecule has 16 heavy (non-hydrogen) atoms.